The number of ether oxygens (including phenoxy) is 1. The van der Waals surface area contributed by atoms with Gasteiger partial charge >= 0.3 is 0 Å². The Bertz CT molecular complexity index is 499. The molecule has 5 nitrogen and oxygen atoms in total. The highest BCUT2D eigenvalue weighted by Crippen LogP contribution is 2.41. The van der Waals surface area contributed by atoms with Gasteiger partial charge in [-0.3, -0.25) is 4.79 Å². The van der Waals surface area contributed by atoms with Crippen molar-refractivity contribution < 1.29 is 14.1 Å². The maximum Gasteiger partial charge on any atom is 0.234 e. The molecule has 1 aromatic rings. The zero-order valence-electron chi connectivity index (χ0n) is 12.9. The molecule has 21 heavy (non-hydrogen) atoms. The Morgan fingerprint density at radius 1 is 1.33 bits per heavy atom. The van der Waals surface area contributed by atoms with E-state index in [2.05, 4.69) is 17.1 Å². The van der Waals surface area contributed by atoms with Gasteiger partial charge in [-0.25, -0.2) is 0 Å². The Balaban J connectivity index is 1.73. The van der Waals surface area contributed by atoms with E-state index in [1.54, 1.807) is 0 Å². The van der Waals surface area contributed by atoms with Crippen LogP contribution in [0.4, 0.5) is 0 Å². The molecule has 5 heteroatoms. The van der Waals surface area contributed by atoms with Gasteiger partial charge in [-0.15, -0.1) is 0 Å². The molecule has 0 unspecified atom stereocenters. The first kappa shape index (κ1) is 14.7. The summed E-state index contributed by atoms with van der Waals surface area (Å²) in [5.41, 5.74) is -0.411. The lowest BCUT2D eigenvalue weighted by atomic mass is 9.79. The van der Waals surface area contributed by atoms with E-state index in [4.69, 9.17) is 9.26 Å². The normalized spacial score (nSPS) is 29.5. The lowest BCUT2D eigenvalue weighted by Crippen LogP contribution is -2.35. The minimum absolute atomic E-state index is 0.230. The number of aromatic nitrogens is 2. The summed E-state index contributed by atoms with van der Waals surface area (Å²) >= 11 is 0. The molecule has 1 heterocycles. The lowest BCUT2D eigenvalue weighted by Gasteiger charge is -2.36. The Labute approximate surface area is 125 Å². The number of carbonyl (C=O) groups is 1. The molecule has 0 N–H and O–H groups in total. The molecule has 2 fully saturated rings. The Morgan fingerprint density at radius 2 is 2.05 bits per heavy atom. The molecular formula is C16H24N2O3. The SMILES string of the molecule is CCOC1(c2noc(CC(=O)C3CC3)n2)CCC(C)CC1. The van der Waals surface area contributed by atoms with Crippen LogP contribution in [0.15, 0.2) is 4.52 Å². The van der Waals surface area contributed by atoms with Gasteiger partial charge < -0.3 is 9.26 Å². The first-order valence-corrected chi connectivity index (χ1v) is 8.12. The summed E-state index contributed by atoms with van der Waals surface area (Å²) in [7, 11) is 0. The van der Waals surface area contributed by atoms with Crippen LogP contribution in [0.1, 0.15) is 64.1 Å². The fourth-order valence-electron chi connectivity index (χ4n) is 3.15. The summed E-state index contributed by atoms with van der Waals surface area (Å²) in [5, 5.41) is 4.13. The molecule has 0 saturated heterocycles. The van der Waals surface area contributed by atoms with Gasteiger partial charge in [0.05, 0.1) is 6.42 Å². The van der Waals surface area contributed by atoms with E-state index in [0.29, 0.717) is 18.3 Å². The largest absolute Gasteiger partial charge is 0.367 e. The number of hydrogen-bond acceptors (Lipinski definition) is 5. The number of ketones is 1. The van der Waals surface area contributed by atoms with Crippen molar-refractivity contribution in [3.8, 4) is 0 Å². The number of carbonyl (C=O) groups excluding carboxylic acids is 1. The van der Waals surface area contributed by atoms with Gasteiger partial charge in [0.25, 0.3) is 0 Å². The second kappa shape index (κ2) is 5.87. The van der Waals surface area contributed by atoms with Crippen molar-refractivity contribution in [3.05, 3.63) is 11.7 Å². The fraction of sp³-hybridized carbons (Fsp3) is 0.812. The molecule has 3 rings (SSSR count). The van der Waals surface area contributed by atoms with Gasteiger partial charge in [-0.05, 0) is 51.4 Å². The molecule has 2 aliphatic rings. The molecular weight excluding hydrogens is 268 g/mol. The van der Waals surface area contributed by atoms with Gasteiger partial charge in [-0.1, -0.05) is 12.1 Å². The molecule has 2 aliphatic carbocycles. The van der Waals surface area contributed by atoms with E-state index >= 15 is 0 Å². The first-order chi connectivity index (χ1) is 10.1. The third kappa shape index (κ3) is 3.18. The van der Waals surface area contributed by atoms with E-state index in [1.165, 1.54) is 0 Å². The van der Waals surface area contributed by atoms with Crippen molar-refractivity contribution in [2.45, 2.75) is 64.4 Å². The van der Waals surface area contributed by atoms with Crippen molar-refractivity contribution >= 4 is 5.78 Å². The molecule has 2 saturated carbocycles. The fourth-order valence-corrected chi connectivity index (χ4v) is 3.15. The van der Waals surface area contributed by atoms with Gasteiger partial charge in [0.2, 0.25) is 11.7 Å². The van der Waals surface area contributed by atoms with Crippen LogP contribution in [0, 0.1) is 11.8 Å². The summed E-state index contributed by atoms with van der Waals surface area (Å²) in [6.07, 6.45) is 6.39. The lowest BCUT2D eigenvalue weighted by molar-refractivity contribution is -0.119. The summed E-state index contributed by atoms with van der Waals surface area (Å²) in [6, 6.07) is 0. The molecule has 0 bridgehead atoms. The highest BCUT2D eigenvalue weighted by atomic mass is 16.5. The van der Waals surface area contributed by atoms with Gasteiger partial charge in [-0.2, -0.15) is 4.98 Å². The van der Waals surface area contributed by atoms with Crippen molar-refractivity contribution in [1.29, 1.82) is 0 Å². The van der Waals surface area contributed by atoms with Crippen molar-refractivity contribution in [2.75, 3.05) is 6.61 Å². The van der Waals surface area contributed by atoms with Crippen LogP contribution >= 0.6 is 0 Å². The third-order valence-electron chi connectivity index (χ3n) is 4.74. The second-order valence-corrected chi connectivity index (χ2v) is 6.54. The number of rotatable bonds is 6. The zero-order valence-corrected chi connectivity index (χ0v) is 12.9. The van der Waals surface area contributed by atoms with Crippen LogP contribution in [0.5, 0.6) is 0 Å². The van der Waals surface area contributed by atoms with Crippen molar-refractivity contribution in [2.24, 2.45) is 11.8 Å². The van der Waals surface area contributed by atoms with Crippen LogP contribution in [-0.2, 0) is 21.6 Å². The average molecular weight is 292 g/mol. The van der Waals surface area contributed by atoms with Crippen LogP contribution in [0.2, 0.25) is 0 Å². The summed E-state index contributed by atoms with van der Waals surface area (Å²) in [4.78, 5) is 16.3. The number of Topliss-reactive ketones (excluding diaryl/α,β-unsaturated/α-hetero) is 1. The van der Waals surface area contributed by atoms with E-state index < -0.39 is 5.60 Å². The minimum Gasteiger partial charge on any atom is -0.367 e. The molecule has 0 atom stereocenters. The highest BCUT2D eigenvalue weighted by Gasteiger charge is 2.41. The van der Waals surface area contributed by atoms with E-state index in [-0.39, 0.29) is 18.1 Å². The molecule has 116 valence electrons. The van der Waals surface area contributed by atoms with Gasteiger partial charge in [0, 0.05) is 12.5 Å². The Hall–Kier alpha value is -1.23. The number of hydrogen-bond donors (Lipinski definition) is 0. The number of nitrogens with zero attached hydrogens (tertiary/aromatic N) is 2. The smallest absolute Gasteiger partial charge is 0.234 e. The quantitative estimate of drug-likeness (QED) is 0.806. The monoisotopic (exact) mass is 292 g/mol. The zero-order chi connectivity index (χ0) is 14.9. The highest BCUT2D eigenvalue weighted by molar-refractivity contribution is 5.84. The van der Waals surface area contributed by atoms with E-state index in [1.807, 2.05) is 6.92 Å². The molecule has 0 amide bonds. The molecule has 0 aromatic carbocycles. The summed E-state index contributed by atoms with van der Waals surface area (Å²) < 4.78 is 11.3. The Morgan fingerprint density at radius 3 is 2.67 bits per heavy atom. The summed E-state index contributed by atoms with van der Waals surface area (Å²) in [6.45, 7) is 4.91. The second-order valence-electron chi connectivity index (χ2n) is 6.54. The summed E-state index contributed by atoms with van der Waals surface area (Å²) in [5.74, 6) is 2.26. The molecule has 0 radical (unpaired) electrons. The Kier molecular flexibility index (Phi) is 4.11. The standard InChI is InChI=1S/C16H24N2O3/c1-3-20-16(8-6-11(2)7-9-16)15-17-14(21-18-15)10-13(19)12-4-5-12/h11-12H,3-10H2,1-2H3. The van der Waals surface area contributed by atoms with Crippen LogP contribution in [0.3, 0.4) is 0 Å². The molecule has 0 spiro atoms. The topological polar surface area (TPSA) is 65.2 Å². The first-order valence-electron chi connectivity index (χ1n) is 8.12. The minimum atomic E-state index is -0.411. The van der Waals surface area contributed by atoms with Gasteiger partial charge in [0.1, 0.15) is 11.4 Å². The predicted molar refractivity (Wildman–Crippen MR) is 76.7 cm³/mol. The van der Waals surface area contributed by atoms with Crippen molar-refractivity contribution in [3.63, 3.8) is 0 Å². The van der Waals surface area contributed by atoms with Crippen molar-refractivity contribution in [1.82, 2.24) is 10.1 Å². The van der Waals surface area contributed by atoms with E-state index in [9.17, 15) is 4.79 Å². The van der Waals surface area contributed by atoms with Gasteiger partial charge in [0.15, 0.2) is 0 Å². The van der Waals surface area contributed by atoms with Crippen LogP contribution < -0.4 is 0 Å². The van der Waals surface area contributed by atoms with Crippen LogP contribution in [0.25, 0.3) is 0 Å². The molecule has 0 aliphatic heterocycles. The maximum atomic E-state index is 11.8. The average Bonchev–Trinajstić information content (AvgIpc) is 3.22. The van der Waals surface area contributed by atoms with E-state index in [0.717, 1.165) is 44.4 Å². The van der Waals surface area contributed by atoms with Crippen LogP contribution in [-0.4, -0.2) is 22.5 Å². The molecule has 1 aromatic heterocycles. The predicted octanol–water partition coefficient (Wildman–Crippen LogP) is 3.03. The maximum absolute atomic E-state index is 11.8. The third-order valence-corrected chi connectivity index (χ3v) is 4.74.